The molecule has 7 heteroatoms. The van der Waals surface area contributed by atoms with Crippen LogP contribution in [-0.4, -0.2) is 38.4 Å². The average Bonchev–Trinajstić information content (AvgIpc) is 3.06. The van der Waals surface area contributed by atoms with E-state index < -0.39 is 0 Å². The van der Waals surface area contributed by atoms with Crippen LogP contribution in [0.2, 0.25) is 0 Å². The zero-order valence-corrected chi connectivity index (χ0v) is 18.8. The van der Waals surface area contributed by atoms with Gasteiger partial charge in [-0.15, -0.1) is 10.2 Å². The fraction of sp³-hybridized carbons (Fsp3) is 0.348. The van der Waals surface area contributed by atoms with E-state index in [2.05, 4.69) is 55.2 Å². The SMILES string of the molecule is CN(Cc1cccc(F)c1)C(=O)CSc1nnc(-c2ccc(C(C)(C)C)cc2)n1C. The molecule has 0 aliphatic carbocycles. The molecule has 1 aromatic heterocycles. The first-order chi connectivity index (χ1) is 14.1. The third-order valence-electron chi connectivity index (χ3n) is 4.90. The highest BCUT2D eigenvalue weighted by molar-refractivity contribution is 7.99. The molecule has 0 saturated heterocycles. The molecule has 1 heterocycles. The number of benzene rings is 2. The highest BCUT2D eigenvalue weighted by Gasteiger charge is 2.17. The molecule has 0 saturated carbocycles. The van der Waals surface area contributed by atoms with Gasteiger partial charge in [-0.2, -0.15) is 0 Å². The zero-order valence-electron chi connectivity index (χ0n) is 18.0. The molecule has 0 atom stereocenters. The van der Waals surface area contributed by atoms with Crippen molar-refractivity contribution in [2.24, 2.45) is 7.05 Å². The predicted molar refractivity (Wildman–Crippen MR) is 119 cm³/mol. The lowest BCUT2D eigenvalue weighted by atomic mass is 9.87. The molecule has 0 radical (unpaired) electrons. The van der Waals surface area contributed by atoms with Crippen LogP contribution >= 0.6 is 11.8 Å². The molecule has 0 fully saturated rings. The van der Waals surface area contributed by atoms with E-state index in [0.717, 1.165) is 17.0 Å². The first-order valence-corrected chi connectivity index (χ1v) is 10.8. The molecule has 2 aromatic carbocycles. The van der Waals surface area contributed by atoms with E-state index in [0.29, 0.717) is 11.7 Å². The Morgan fingerprint density at radius 1 is 1.13 bits per heavy atom. The van der Waals surface area contributed by atoms with Crippen LogP contribution in [0.1, 0.15) is 31.9 Å². The molecule has 30 heavy (non-hydrogen) atoms. The lowest BCUT2D eigenvalue weighted by Crippen LogP contribution is -2.27. The Morgan fingerprint density at radius 2 is 1.83 bits per heavy atom. The first kappa shape index (κ1) is 22.0. The number of nitrogens with zero attached hydrogens (tertiary/aromatic N) is 4. The van der Waals surface area contributed by atoms with Gasteiger partial charge in [0.2, 0.25) is 5.91 Å². The Kier molecular flexibility index (Phi) is 6.61. The summed E-state index contributed by atoms with van der Waals surface area (Å²) in [5, 5.41) is 9.23. The summed E-state index contributed by atoms with van der Waals surface area (Å²) >= 11 is 1.34. The van der Waals surface area contributed by atoms with Gasteiger partial charge in [-0.25, -0.2) is 4.39 Å². The number of halogens is 1. The van der Waals surface area contributed by atoms with Crippen molar-refractivity contribution in [3.05, 3.63) is 65.5 Å². The summed E-state index contributed by atoms with van der Waals surface area (Å²) in [4.78, 5) is 14.1. The van der Waals surface area contributed by atoms with E-state index in [-0.39, 0.29) is 22.9 Å². The first-order valence-electron chi connectivity index (χ1n) is 9.76. The number of hydrogen-bond donors (Lipinski definition) is 0. The third kappa shape index (κ3) is 5.27. The Hall–Kier alpha value is -2.67. The van der Waals surface area contributed by atoms with Gasteiger partial charge in [0, 0.05) is 26.2 Å². The summed E-state index contributed by atoms with van der Waals surface area (Å²) in [6.07, 6.45) is 0. The molecule has 0 aliphatic heterocycles. The molecular formula is C23H27FN4OS. The second-order valence-corrected chi connectivity index (χ2v) is 9.30. The smallest absolute Gasteiger partial charge is 0.233 e. The van der Waals surface area contributed by atoms with Gasteiger partial charge in [0.1, 0.15) is 5.82 Å². The minimum atomic E-state index is -0.301. The molecule has 0 aliphatic rings. The van der Waals surface area contributed by atoms with Gasteiger partial charge >= 0.3 is 0 Å². The van der Waals surface area contributed by atoms with Crippen LogP contribution in [0.3, 0.4) is 0 Å². The van der Waals surface area contributed by atoms with Crippen molar-refractivity contribution in [2.45, 2.75) is 37.9 Å². The second kappa shape index (κ2) is 9.00. The molecule has 1 amide bonds. The molecule has 0 spiro atoms. The fourth-order valence-electron chi connectivity index (χ4n) is 3.05. The fourth-order valence-corrected chi connectivity index (χ4v) is 3.90. The van der Waals surface area contributed by atoms with Crippen LogP contribution in [0.5, 0.6) is 0 Å². The predicted octanol–water partition coefficient (Wildman–Crippen LogP) is 4.67. The molecule has 158 valence electrons. The number of amides is 1. The lowest BCUT2D eigenvalue weighted by Gasteiger charge is -2.19. The number of aromatic nitrogens is 3. The maximum Gasteiger partial charge on any atom is 0.233 e. The Morgan fingerprint density at radius 3 is 2.47 bits per heavy atom. The van der Waals surface area contributed by atoms with Gasteiger partial charge < -0.3 is 9.47 Å². The maximum absolute atomic E-state index is 13.3. The van der Waals surface area contributed by atoms with E-state index >= 15 is 0 Å². The zero-order chi connectivity index (χ0) is 21.9. The Balaban J connectivity index is 1.63. The molecular weight excluding hydrogens is 399 g/mol. The standard InChI is InChI=1S/C23H27FN4OS/c1-23(2,3)18-11-9-17(10-12-18)21-25-26-22(28(21)5)30-15-20(29)27(4)14-16-7-6-8-19(24)13-16/h6-13H,14-15H2,1-5H3. The highest BCUT2D eigenvalue weighted by atomic mass is 32.2. The van der Waals surface area contributed by atoms with Crippen LogP contribution in [0.4, 0.5) is 4.39 Å². The van der Waals surface area contributed by atoms with Crippen molar-refractivity contribution in [2.75, 3.05) is 12.8 Å². The van der Waals surface area contributed by atoms with Crippen LogP contribution in [0.15, 0.2) is 53.7 Å². The van der Waals surface area contributed by atoms with Gasteiger partial charge in [-0.1, -0.05) is 68.9 Å². The van der Waals surface area contributed by atoms with E-state index in [1.807, 2.05) is 11.6 Å². The van der Waals surface area contributed by atoms with Crippen molar-refractivity contribution in [3.63, 3.8) is 0 Å². The largest absolute Gasteiger partial charge is 0.341 e. The van der Waals surface area contributed by atoms with Crippen LogP contribution in [-0.2, 0) is 23.8 Å². The van der Waals surface area contributed by atoms with Crippen molar-refractivity contribution >= 4 is 17.7 Å². The summed E-state index contributed by atoms with van der Waals surface area (Å²) in [5.74, 6) is 0.646. The third-order valence-corrected chi connectivity index (χ3v) is 5.91. The molecule has 0 bridgehead atoms. The summed E-state index contributed by atoms with van der Waals surface area (Å²) < 4.78 is 15.2. The maximum atomic E-state index is 13.3. The monoisotopic (exact) mass is 426 g/mol. The molecule has 0 unspecified atom stereocenters. The summed E-state index contributed by atoms with van der Waals surface area (Å²) in [6, 6.07) is 14.6. The highest BCUT2D eigenvalue weighted by Crippen LogP contribution is 2.27. The van der Waals surface area contributed by atoms with Crippen molar-refractivity contribution < 1.29 is 9.18 Å². The van der Waals surface area contributed by atoms with Gasteiger partial charge in [-0.3, -0.25) is 4.79 Å². The minimum Gasteiger partial charge on any atom is -0.341 e. The average molecular weight is 427 g/mol. The van der Waals surface area contributed by atoms with Crippen molar-refractivity contribution in [3.8, 4) is 11.4 Å². The minimum absolute atomic E-state index is 0.0525. The Labute approximate surface area is 181 Å². The quantitative estimate of drug-likeness (QED) is 0.538. The number of thioether (sulfide) groups is 1. The molecule has 0 N–H and O–H groups in total. The van der Waals surface area contributed by atoms with Gasteiger partial charge in [0.25, 0.3) is 0 Å². The van der Waals surface area contributed by atoms with Crippen molar-refractivity contribution in [1.29, 1.82) is 0 Å². The van der Waals surface area contributed by atoms with E-state index in [9.17, 15) is 9.18 Å². The Bertz CT molecular complexity index is 1020. The second-order valence-electron chi connectivity index (χ2n) is 8.36. The summed E-state index contributed by atoms with van der Waals surface area (Å²) in [6.45, 7) is 6.91. The number of carbonyl (C=O) groups excluding carboxylic acids is 1. The van der Waals surface area contributed by atoms with Gasteiger partial charge in [0.05, 0.1) is 5.75 Å². The van der Waals surface area contributed by atoms with Crippen LogP contribution in [0.25, 0.3) is 11.4 Å². The van der Waals surface area contributed by atoms with Gasteiger partial charge in [0.15, 0.2) is 11.0 Å². The van der Waals surface area contributed by atoms with Crippen LogP contribution < -0.4 is 0 Å². The van der Waals surface area contributed by atoms with E-state index in [1.165, 1.54) is 29.5 Å². The normalized spacial score (nSPS) is 11.5. The van der Waals surface area contributed by atoms with E-state index in [1.54, 1.807) is 24.1 Å². The molecule has 5 nitrogen and oxygen atoms in total. The number of rotatable bonds is 6. The van der Waals surface area contributed by atoms with E-state index in [4.69, 9.17) is 0 Å². The van der Waals surface area contributed by atoms with Gasteiger partial charge in [-0.05, 0) is 28.7 Å². The number of carbonyl (C=O) groups is 1. The molecule has 3 aromatic rings. The molecule has 3 rings (SSSR count). The van der Waals surface area contributed by atoms with Crippen molar-refractivity contribution in [1.82, 2.24) is 19.7 Å². The summed E-state index contributed by atoms with van der Waals surface area (Å²) in [5.41, 5.74) is 3.10. The van der Waals surface area contributed by atoms with Crippen LogP contribution in [0, 0.1) is 5.82 Å². The topological polar surface area (TPSA) is 51.0 Å². The summed E-state index contributed by atoms with van der Waals surface area (Å²) in [7, 11) is 3.61. The lowest BCUT2D eigenvalue weighted by molar-refractivity contribution is -0.127. The number of hydrogen-bond acceptors (Lipinski definition) is 4.